The Morgan fingerprint density at radius 2 is 1.90 bits per heavy atom. The van der Waals surface area contributed by atoms with Gasteiger partial charge in [-0.25, -0.2) is 8.78 Å². The van der Waals surface area contributed by atoms with Crippen molar-refractivity contribution in [3.8, 4) is 11.8 Å². The van der Waals surface area contributed by atoms with Gasteiger partial charge < -0.3 is 10.1 Å². The molecule has 0 aliphatic carbocycles. The zero-order valence-electron chi connectivity index (χ0n) is 11.2. The third-order valence-corrected chi connectivity index (χ3v) is 2.87. The Morgan fingerprint density at radius 3 is 2.57 bits per heavy atom. The first-order chi connectivity index (χ1) is 10.2. The fourth-order valence-electron chi connectivity index (χ4n) is 1.80. The molecule has 2 aromatic carbocycles. The van der Waals surface area contributed by atoms with Crippen LogP contribution in [-0.4, -0.2) is 6.61 Å². The molecule has 0 heterocycles. The van der Waals surface area contributed by atoms with Gasteiger partial charge in [-0.1, -0.05) is 30.3 Å². The van der Waals surface area contributed by atoms with Crippen LogP contribution in [-0.2, 0) is 6.54 Å². The minimum absolute atomic E-state index is 0.00144. The number of alkyl halides is 2. The summed E-state index contributed by atoms with van der Waals surface area (Å²) in [7, 11) is 0. The molecule has 108 valence electrons. The highest BCUT2D eigenvalue weighted by atomic mass is 19.3. The minimum atomic E-state index is -2.44. The second-order valence-electron chi connectivity index (χ2n) is 4.37. The summed E-state index contributed by atoms with van der Waals surface area (Å²) in [5.74, 6) is 0.606. The van der Waals surface area contributed by atoms with Gasteiger partial charge in [0.2, 0.25) is 0 Å². The van der Waals surface area contributed by atoms with E-state index in [-0.39, 0.29) is 12.2 Å². The smallest absolute Gasteiger partial charge is 0.263 e. The van der Waals surface area contributed by atoms with Gasteiger partial charge in [0.1, 0.15) is 11.8 Å². The maximum absolute atomic E-state index is 12.4. The molecule has 21 heavy (non-hydrogen) atoms. The maximum Gasteiger partial charge on any atom is 0.263 e. The lowest BCUT2D eigenvalue weighted by atomic mass is 10.1. The number of nitriles is 1. The second-order valence-corrected chi connectivity index (χ2v) is 4.37. The Bertz CT molecular complexity index is 621. The molecular formula is C16H14F2N2O. The van der Waals surface area contributed by atoms with Crippen LogP contribution in [0.15, 0.2) is 48.5 Å². The SMILES string of the molecule is N#CCOc1cccc(NCc2ccc(C(F)F)cc2)c1. The summed E-state index contributed by atoms with van der Waals surface area (Å²) in [6.45, 7) is 0.518. The van der Waals surface area contributed by atoms with Gasteiger partial charge in [-0.2, -0.15) is 5.26 Å². The van der Waals surface area contributed by atoms with Gasteiger partial charge in [0, 0.05) is 23.9 Å². The standard InChI is InChI=1S/C16H14F2N2O/c17-16(18)13-6-4-12(5-7-13)11-20-14-2-1-3-15(10-14)21-9-8-19/h1-7,10,16,20H,9,11H2. The molecule has 0 atom stereocenters. The molecule has 0 bridgehead atoms. The molecule has 2 rings (SSSR count). The van der Waals surface area contributed by atoms with Gasteiger partial charge >= 0.3 is 0 Å². The fourth-order valence-corrected chi connectivity index (χ4v) is 1.80. The van der Waals surface area contributed by atoms with E-state index in [9.17, 15) is 8.78 Å². The highest BCUT2D eigenvalue weighted by Gasteiger charge is 2.05. The quantitative estimate of drug-likeness (QED) is 0.869. The van der Waals surface area contributed by atoms with E-state index in [1.807, 2.05) is 18.2 Å². The number of ether oxygens (including phenoxy) is 1. The number of nitrogens with one attached hydrogen (secondary N) is 1. The highest BCUT2D eigenvalue weighted by molar-refractivity contribution is 5.48. The van der Waals surface area contributed by atoms with Crippen LogP contribution in [0, 0.1) is 11.3 Å². The number of rotatable bonds is 6. The monoisotopic (exact) mass is 288 g/mol. The normalized spacial score (nSPS) is 10.2. The number of hydrogen-bond donors (Lipinski definition) is 1. The zero-order chi connectivity index (χ0) is 15.1. The molecule has 2 aromatic rings. The minimum Gasteiger partial charge on any atom is -0.479 e. The van der Waals surface area contributed by atoms with Gasteiger partial charge in [0.05, 0.1) is 0 Å². The average Bonchev–Trinajstić information content (AvgIpc) is 2.52. The van der Waals surface area contributed by atoms with Crippen LogP contribution in [0.1, 0.15) is 17.6 Å². The molecular weight excluding hydrogens is 274 g/mol. The Kier molecular flexibility index (Phi) is 5.10. The van der Waals surface area contributed by atoms with Gasteiger partial charge in [0.15, 0.2) is 6.61 Å². The van der Waals surface area contributed by atoms with Crippen molar-refractivity contribution in [2.24, 2.45) is 0 Å². The largest absolute Gasteiger partial charge is 0.479 e. The van der Waals surface area contributed by atoms with E-state index in [4.69, 9.17) is 10.00 Å². The molecule has 0 aromatic heterocycles. The van der Waals surface area contributed by atoms with Crippen molar-refractivity contribution < 1.29 is 13.5 Å². The summed E-state index contributed by atoms with van der Waals surface area (Å²) in [5, 5.41) is 11.6. The van der Waals surface area contributed by atoms with Crippen molar-refractivity contribution in [2.75, 3.05) is 11.9 Å². The molecule has 0 radical (unpaired) electrons. The number of hydrogen-bond acceptors (Lipinski definition) is 3. The third-order valence-electron chi connectivity index (χ3n) is 2.87. The van der Waals surface area contributed by atoms with E-state index in [1.54, 1.807) is 24.3 Å². The fraction of sp³-hybridized carbons (Fsp3) is 0.188. The van der Waals surface area contributed by atoms with Crippen molar-refractivity contribution in [3.63, 3.8) is 0 Å². The van der Waals surface area contributed by atoms with Gasteiger partial charge in [-0.05, 0) is 17.7 Å². The third kappa shape index (κ3) is 4.46. The van der Waals surface area contributed by atoms with Crippen molar-refractivity contribution in [1.29, 1.82) is 5.26 Å². The molecule has 0 fully saturated rings. The maximum atomic E-state index is 12.4. The van der Waals surface area contributed by atoms with Crippen molar-refractivity contribution >= 4 is 5.69 Å². The van der Waals surface area contributed by atoms with Crippen LogP contribution in [0.4, 0.5) is 14.5 Å². The van der Waals surface area contributed by atoms with Crippen molar-refractivity contribution in [2.45, 2.75) is 13.0 Å². The lowest BCUT2D eigenvalue weighted by molar-refractivity contribution is 0.151. The molecule has 3 nitrogen and oxygen atoms in total. The van der Waals surface area contributed by atoms with Gasteiger partial charge in [-0.15, -0.1) is 0 Å². The summed E-state index contributed by atoms with van der Waals surface area (Å²) >= 11 is 0. The van der Waals surface area contributed by atoms with Crippen LogP contribution >= 0.6 is 0 Å². The van der Waals surface area contributed by atoms with Crippen LogP contribution in [0.2, 0.25) is 0 Å². The van der Waals surface area contributed by atoms with Crippen LogP contribution in [0.5, 0.6) is 5.75 Å². The Morgan fingerprint density at radius 1 is 1.14 bits per heavy atom. The summed E-state index contributed by atoms with van der Waals surface area (Å²) < 4.78 is 30.1. The van der Waals surface area contributed by atoms with E-state index < -0.39 is 6.43 Å². The average molecular weight is 288 g/mol. The summed E-state index contributed by atoms with van der Waals surface area (Å²) in [6, 6.07) is 15.3. The summed E-state index contributed by atoms with van der Waals surface area (Å²) in [5.41, 5.74) is 1.76. The number of anilines is 1. The number of benzene rings is 2. The van der Waals surface area contributed by atoms with Crippen molar-refractivity contribution in [3.05, 3.63) is 59.7 Å². The van der Waals surface area contributed by atoms with E-state index in [0.29, 0.717) is 12.3 Å². The number of nitrogens with zero attached hydrogens (tertiary/aromatic N) is 1. The Balaban J connectivity index is 1.94. The molecule has 0 aliphatic heterocycles. The lowest BCUT2D eigenvalue weighted by Crippen LogP contribution is -2.00. The molecule has 0 aliphatic rings. The number of halogens is 2. The predicted octanol–water partition coefficient (Wildman–Crippen LogP) is 4.14. The molecule has 1 N–H and O–H groups in total. The first kappa shape index (κ1) is 14.8. The van der Waals surface area contributed by atoms with Crippen molar-refractivity contribution in [1.82, 2.24) is 0 Å². The van der Waals surface area contributed by atoms with E-state index in [0.717, 1.165) is 11.3 Å². The Hall–Kier alpha value is -2.61. The van der Waals surface area contributed by atoms with Crippen LogP contribution in [0.3, 0.4) is 0 Å². The van der Waals surface area contributed by atoms with Gasteiger partial charge in [0.25, 0.3) is 6.43 Å². The van der Waals surface area contributed by atoms with Crippen LogP contribution < -0.4 is 10.1 Å². The summed E-state index contributed by atoms with van der Waals surface area (Å²) in [4.78, 5) is 0. The Labute approximate surface area is 121 Å². The molecule has 0 saturated heterocycles. The topological polar surface area (TPSA) is 45.0 Å². The van der Waals surface area contributed by atoms with E-state index in [2.05, 4.69) is 5.32 Å². The first-order valence-electron chi connectivity index (χ1n) is 6.39. The molecule has 0 unspecified atom stereocenters. The second kappa shape index (κ2) is 7.25. The first-order valence-corrected chi connectivity index (χ1v) is 6.39. The molecule has 0 amide bonds. The van der Waals surface area contributed by atoms with Gasteiger partial charge in [-0.3, -0.25) is 0 Å². The lowest BCUT2D eigenvalue weighted by Gasteiger charge is -2.09. The zero-order valence-corrected chi connectivity index (χ0v) is 11.2. The molecule has 5 heteroatoms. The molecule has 0 saturated carbocycles. The predicted molar refractivity (Wildman–Crippen MR) is 76.3 cm³/mol. The molecule has 0 spiro atoms. The van der Waals surface area contributed by atoms with E-state index in [1.165, 1.54) is 12.1 Å². The van der Waals surface area contributed by atoms with Crippen LogP contribution in [0.25, 0.3) is 0 Å². The van der Waals surface area contributed by atoms with E-state index >= 15 is 0 Å². The summed E-state index contributed by atoms with van der Waals surface area (Å²) in [6.07, 6.45) is -2.44. The highest BCUT2D eigenvalue weighted by Crippen LogP contribution is 2.20.